The summed E-state index contributed by atoms with van der Waals surface area (Å²) in [5, 5.41) is 14.5. The number of thiazole rings is 1. The standard InChI is InChI=1S/C24H28N6O2S/c1-29(2)13-21(32)16-10-19-23(25-11-16)30(14-26-19)12-15-7-8-18-22(9-15)33-24(28-18)27-17-5-3-4-6-20(17)31/h7-11,14,17,20,31H,3-6,12-13H2,1-2H3,(H,27,28). The Hall–Kier alpha value is -2.88. The van der Waals surface area contributed by atoms with Crippen molar-refractivity contribution in [1.29, 1.82) is 0 Å². The van der Waals surface area contributed by atoms with Crippen molar-refractivity contribution >= 4 is 43.6 Å². The van der Waals surface area contributed by atoms with Crippen LogP contribution in [0.5, 0.6) is 0 Å². The summed E-state index contributed by atoms with van der Waals surface area (Å²) in [7, 11) is 3.74. The van der Waals surface area contributed by atoms with Gasteiger partial charge in [-0.3, -0.25) is 4.79 Å². The van der Waals surface area contributed by atoms with Gasteiger partial charge in [0, 0.05) is 11.8 Å². The van der Waals surface area contributed by atoms with Gasteiger partial charge in [-0.05, 0) is 50.7 Å². The summed E-state index contributed by atoms with van der Waals surface area (Å²) in [4.78, 5) is 27.9. The molecule has 1 fully saturated rings. The van der Waals surface area contributed by atoms with Crippen molar-refractivity contribution in [3.8, 4) is 0 Å². The highest BCUT2D eigenvalue weighted by atomic mass is 32.1. The molecule has 9 heteroatoms. The molecule has 1 aromatic carbocycles. The normalized spacial score (nSPS) is 18.9. The third-order valence-corrected chi connectivity index (χ3v) is 7.03. The number of anilines is 1. The monoisotopic (exact) mass is 464 g/mol. The number of ketones is 1. The van der Waals surface area contributed by atoms with Crippen LogP contribution in [0.4, 0.5) is 5.13 Å². The van der Waals surface area contributed by atoms with Crippen molar-refractivity contribution in [3.05, 3.63) is 47.9 Å². The first kappa shape index (κ1) is 21.9. The van der Waals surface area contributed by atoms with E-state index in [0.29, 0.717) is 18.7 Å². The van der Waals surface area contributed by atoms with Gasteiger partial charge in [-0.25, -0.2) is 15.0 Å². The van der Waals surface area contributed by atoms with Crippen molar-refractivity contribution in [2.45, 2.75) is 44.4 Å². The van der Waals surface area contributed by atoms with Gasteiger partial charge >= 0.3 is 0 Å². The lowest BCUT2D eigenvalue weighted by molar-refractivity contribution is 0.0957. The van der Waals surface area contributed by atoms with E-state index in [1.807, 2.05) is 35.7 Å². The number of aromatic nitrogens is 4. The van der Waals surface area contributed by atoms with Gasteiger partial charge in [-0.1, -0.05) is 30.2 Å². The summed E-state index contributed by atoms with van der Waals surface area (Å²) in [6, 6.07) is 8.15. The third-order valence-electron chi connectivity index (χ3n) is 6.08. The smallest absolute Gasteiger partial charge is 0.184 e. The quantitative estimate of drug-likeness (QED) is 0.404. The molecule has 0 aliphatic heterocycles. The van der Waals surface area contributed by atoms with E-state index in [0.717, 1.165) is 57.8 Å². The van der Waals surface area contributed by atoms with Crippen LogP contribution in [0.1, 0.15) is 41.6 Å². The van der Waals surface area contributed by atoms with E-state index in [4.69, 9.17) is 4.98 Å². The van der Waals surface area contributed by atoms with Crippen molar-refractivity contribution in [2.24, 2.45) is 0 Å². The molecular weight excluding hydrogens is 436 g/mol. The molecule has 2 atom stereocenters. The number of carbonyl (C=O) groups excluding carboxylic acids is 1. The first-order valence-corrected chi connectivity index (χ1v) is 12.1. The summed E-state index contributed by atoms with van der Waals surface area (Å²) in [6.07, 6.45) is 7.16. The predicted molar refractivity (Wildman–Crippen MR) is 131 cm³/mol. The van der Waals surface area contributed by atoms with E-state index in [1.54, 1.807) is 23.9 Å². The minimum absolute atomic E-state index is 0.0322. The van der Waals surface area contributed by atoms with Crippen LogP contribution in [-0.2, 0) is 6.54 Å². The zero-order valence-corrected chi connectivity index (χ0v) is 19.7. The average molecular weight is 465 g/mol. The Kier molecular flexibility index (Phi) is 6.09. The van der Waals surface area contributed by atoms with E-state index < -0.39 is 0 Å². The highest BCUT2D eigenvalue weighted by molar-refractivity contribution is 7.22. The molecule has 33 heavy (non-hydrogen) atoms. The average Bonchev–Trinajstić information content (AvgIpc) is 3.37. The van der Waals surface area contributed by atoms with E-state index in [1.165, 1.54) is 0 Å². The third kappa shape index (κ3) is 4.75. The number of nitrogens with zero attached hydrogens (tertiary/aromatic N) is 5. The predicted octanol–water partition coefficient (Wildman–Crippen LogP) is 3.55. The molecule has 3 heterocycles. The molecule has 0 bridgehead atoms. The number of aliphatic hydroxyl groups excluding tert-OH is 1. The second-order valence-electron chi connectivity index (χ2n) is 9.02. The molecule has 3 aromatic heterocycles. The number of hydrogen-bond acceptors (Lipinski definition) is 8. The molecule has 1 aliphatic rings. The maximum Gasteiger partial charge on any atom is 0.184 e. The zero-order valence-electron chi connectivity index (χ0n) is 18.9. The number of rotatable bonds is 7. The molecule has 8 nitrogen and oxygen atoms in total. The van der Waals surface area contributed by atoms with E-state index in [9.17, 15) is 9.90 Å². The number of likely N-dealkylation sites (N-methyl/N-ethyl adjacent to an activating group) is 1. The SMILES string of the molecule is CN(C)CC(=O)c1cnc2c(c1)ncn2Cc1ccc2nc(NC3CCCCC3O)sc2c1. The minimum atomic E-state index is -0.304. The van der Waals surface area contributed by atoms with Gasteiger partial charge in [0.2, 0.25) is 0 Å². The van der Waals surface area contributed by atoms with Gasteiger partial charge in [0.25, 0.3) is 0 Å². The first-order chi connectivity index (χ1) is 16.0. The number of pyridine rings is 1. The van der Waals surface area contributed by atoms with Crippen molar-refractivity contribution < 1.29 is 9.90 Å². The summed E-state index contributed by atoms with van der Waals surface area (Å²) in [5.41, 5.74) is 4.14. The maximum atomic E-state index is 12.3. The van der Waals surface area contributed by atoms with E-state index >= 15 is 0 Å². The van der Waals surface area contributed by atoms with Crippen LogP contribution in [0.3, 0.4) is 0 Å². The minimum Gasteiger partial charge on any atom is -0.391 e. The zero-order chi connectivity index (χ0) is 22.9. The van der Waals surface area contributed by atoms with Crippen LogP contribution in [0, 0.1) is 0 Å². The van der Waals surface area contributed by atoms with Gasteiger partial charge in [0.05, 0.1) is 41.8 Å². The molecule has 1 aliphatic carbocycles. The van der Waals surface area contributed by atoms with Gasteiger partial charge < -0.3 is 19.9 Å². The molecule has 0 radical (unpaired) electrons. The summed E-state index contributed by atoms with van der Waals surface area (Å²) in [5.74, 6) is 0.0322. The second kappa shape index (κ2) is 9.17. The summed E-state index contributed by atoms with van der Waals surface area (Å²) >= 11 is 1.62. The van der Waals surface area contributed by atoms with Gasteiger partial charge in [0.15, 0.2) is 16.6 Å². The van der Waals surface area contributed by atoms with Crippen LogP contribution in [0.2, 0.25) is 0 Å². The largest absolute Gasteiger partial charge is 0.391 e. The Morgan fingerprint density at radius 2 is 2.06 bits per heavy atom. The Labute approximate surface area is 196 Å². The second-order valence-corrected chi connectivity index (χ2v) is 10.1. The fourth-order valence-corrected chi connectivity index (χ4v) is 5.35. The van der Waals surface area contributed by atoms with Crippen molar-refractivity contribution in [3.63, 3.8) is 0 Å². The maximum absolute atomic E-state index is 12.3. The Morgan fingerprint density at radius 3 is 2.88 bits per heavy atom. The molecule has 172 valence electrons. The van der Waals surface area contributed by atoms with Crippen molar-refractivity contribution in [2.75, 3.05) is 26.0 Å². The number of imidazole rings is 1. The number of nitrogens with one attached hydrogen (secondary N) is 1. The molecule has 0 spiro atoms. The summed E-state index contributed by atoms with van der Waals surface area (Å²) in [6.45, 7) is 0.978. The Balaban J connectivity index is 1.34. The molecule has 4 aromatic rings. The molecule has 2 N–H and O–H groups in total. The molecule has 2 unspecified atom stereocenters. The van der Waals surface area contributed by atoms with Crippen molar-refractivity contribution in [1.82, 2.24) is 24.4 Å². The Bertz CT molecular complexity index is 1300. The van der Waals surface area contributed by atoms with Gasteiger partial charge in [-0.2, -0.15) is 0 Å². The molecule has 0 amide bonds. The molecule has 5 rings (SSSR count). The van der Waals surface area contributed by atoms with Crippen LogP contribution >= 0.6 is 11.3 Å². The number of fused-ring (bicyclic) bond motifs is 2. The van der Waals surface area contributed by atoms with Crippen LogP contribution < -0.4 is 5.32 Å². The number of benzene rings is 1. The van der Waals surface area contributed by atoms with Crippen LogP contribution in [-0.4, -0.2) is 68.1 Å². The highest BCUT2D eigenvalue weighted by Crippen LogP contribution is 2.30. The highest BCUT2D eigenvalue weighted by Gasteiger charge is 2.23. The molecular formula is C24H28N6O2S. The number of aliphatic hydroxyl groups is 1. The van der Waals surface area contributed by atoms with Crippen LogP contribution in [0.25, 0.3) is 21.4 Å². The van der Waals surface area contributed by atoms with Gasteiger partial charge in [0.1, 0.15) is 5.52 Å². The number of carbonyl (C=O) groups is 1. The van der Waals surface area contributed by atoms with E-state index in [-0.39, 0.29) is 17.9 Å². The fourth-order valence-electron chi connectivity index (χ4n) is 4.36. The lowest BCUT2D eigenvalue weighted by atomic mass is 9.93. The van der Waals surface area contributed by atoms with Gasteiger partial charge in [-0.15, -0.1) is 0 Å². The molecule has 0 saturated heterocycles. The molecule has 1 saturated carbocycles. The lowest BCUT2D eigenvalue weighted by Gasteiger charge is -2.27. The lowest BCUT2D eigenvalue weighted by Crippen LogP contribution is -2.36. The number of hydrogen-bond donors (Lipinski definition) is 2. The van der Waals surface area contributed by atoms with Crippen LogP contribution in [0.15, 0.2) is 36.8 Å². The summed E-state index contributed by atoms with van der Waals surface area (Å²) < 4.78 is 3.10. The van der Waals surface area contributed by atoms with E-state index in [2.05, 4.69) is 27.4 Å². The first-order valence-electron chi connectivity index (χ1n) is 11.3. The fraction of sp³-hybridized carbons (Fsp3) is 0.417. The number of Topliss-reactive ketones (excluding diaryl/α,β-unsaturated/α-hetero) is 1. The topological polar surface area (TPSA) is 96.2 Å². The Morgan fingerprint density at radius 1 is 1.21 bits per heavy atom.